The van der Waals surface area contributed by atoms with Crippen molar-refractivity contribution in [1.82, 2.24) is 15.3 Å². The van der Waals surface area contributed by atoms with E-state index < -0.39 is 0 Å². The van der Waals surface area contributed by atoms with E-state index in [9.17, 15) is 4.79 Å². The molecule has 152 valence electrons. The first-order valence-corrected chi connectivity index (χ1v) is 11.0. The summed E-state index contributed by atoms with van der Waals surface area (Å²) in [6.45, 7) is 4.20. The van der Waals surface area contributed by atoms with Gasteiger partial charge in [0.15, 0.2) is 0 Å². The van der Waals surface area contributed by atoms with Gasteiger partial charge in [0.05, 0.1) is 12.0 Å². The second-order valence-corrected chi connectivity index (χ2v) is 8.45. The number of carbonyl (C=O) groups is 1. The molecule has 4 rings (SSSR count). The number of rotatable bonds is 6. The van der Waals surface area contributed by atoms with Crippen molar-refractivity contribution in [3.8, 4) is 0 Å². The molecule has 3 aromatic rings. The molecule has 6 nitrogen and oxygen atoms in total. The van der Waals surface area contributed by atoms with Gasteiger partial charge < -0.3 is 15.4 Å². The van der Waals surface area contributed by atoms with Gasteiger partial charge in [-0.05, 0) is 55.6 Å². The Morgan fingerprint density at radius 3 is 2.79 bits per heavy atom. The zero-order chi connectivity index (χ0) is 20.2. The number of hydrogen-bond donors (Lipinski definition) is 2. The van der Waals surface area contributed by atoms with Gasteiger partial charge in [0.1, 0.15) is 15.5 Å². The third-order valence-corrected chi connectivity index (χ3v) is 6.43. The van der Waals surface area contributed by atoms with E-state index in [1.54, 1.807) is 0 Å². The number of thiophene rings is 1. The third kappa shape index (κ3) is 4.69. The fourth-order valence-electron chi connectivity index (χ4n) is 3.54. The number of nitrogens with one attached hydrogen (secondary N) is 2. The molecule has 0 aliphatic carbocycles. The molecule has 3 heterocycles. The number of halogens is 1. The quantitative estimate of drug-likeness (QED) is 0.450. The predicted molar refractivity (Wildman–Crippen MR) is 117 cm³/mol. The van der Waals surface area contributed by atoms with Crippen LogP contribution in [0.3, 0.4) is 0 Å². The zero-order valence-corrected chi connectivity index (χ0v) is 17.8. The highest BCUT2D eigenvalue weighted by Gasteiger charge is 2.23. The van der Waals surface area contributed by atoms with Crippen molar-refractivity contribution in [2.75, 3.05) is 25.0 Å². The topological polar surface area (TPSA) is 76.1 Å². The van der Waals surface area contributed by atoms with E-state index in [1.165, 1.54) is 11.3 Å². The summed E-state index contributed by atoms with van der Waals surface area (Å²) in [7, 11) is 0. The second kappa shape index (κ2) is 9.07. The van der Waals surface area contributed by atoms with E-state index in [2.05, 4.69) is 20.6 Å². The summed E-state index contributed by atoms with van der Waals surface area (Å²) >= 11 is 7.46. The van der Waals surface area contributed by atoms with Gasteiger partial charge in [-0.3, -0.25) is 0 Å². The van der Waals surface area contributed by atoms with E-state index >= 15 is 0 Å². The van der Waals surface area contributed by atoms with Crippen LogP contribution in [0.2, 0.25) is 5.28 Å². The van der Waals surface area contributed by atoms with E-state index in [0.717, 1.165) is 42.4 Å². The highest BCUT2D eigenvalue weighted by molar-refractivity contribution is 7.20. The van der Waals surface area contributed by atoms with Gasteiger partial charge in [-0.2, -0.15) is 0 Å². The Balaban J connectivity index is 1.53. The number of esters is 1. The van der Waals surface area contributed by atoms with Crippen LogP contribution in [-0.4, -0.2) is 41.7 Å². The normalized spacial score (nSPS) is 14.8. The van der Waals surface area contributed by atoms with Crippen LogP contribution in [0, 0.1) is 6.92 Å². The number of fused-ring (bicyclic) bond motifs is 1. The van der Waals surface area contributed by atoms with Gasteiger partial charge in [0.25, 0.3) is 0 Å². The van der Waals surface area contributed by atoms with Crippen LogP contribution in [0.5, 0.6) is 0 Å². The van der Waals surface area contributed by atoms with Gasteiger partial charge in [0.2, 0.25) is 5.28 Å². The van der Waals surface area contributed by atoms with E-state index in [4.69, 9.17) is 16.3 Å². The van der Waals surface area contributed by atoms with Crippen molar-refractivity contribution in [1.29, 1.82) is 0 Å². The Morgan fingerprint density at radius 2 is 2.03 bits per heavy atom. The molecule has 0 unspecified atom stereocenters. The number of aromatic nitrogens is 2. The number of hydrogen-bond acceptors (Lipinski definition) is 7. The first-order chi connectivity index (χ1) is 14.1. The summed E-state index contributed by atoms with van der Waals surface area (Å²) in [5, 5.41) is 7.89. The van der Waals surface area contributed by atoms with Gasteiger partial charge >= 0.3 is 5.97 Å². The van der Waals surface area contributed by atoms with E-state index in [1.807, 2.05) is 37.3 Å². The molecule has 1 aliphatic rings. The Kier molecular flexibility index (Phi) is 6.28. The summed E-state index contributed by atoms with van der Waals surface area (Å²) in [4.78, 5) is 22.7. The monoisotopic (exact) mass is 430 g/mol. The van der Waals surface area contributed by atoms with E-state index in [-0.39, 0.29) is 11.3 Å². The zero-order valence-electron chi connectivity index (χ0n) is 16.2. The maximum atomic E-state index is 12.7. The minimum atomic E-state index is -0.328. The number of ether oxygens (including phenoxy) is 1. The van der Waals surface area contributed by atoms with E-state index in [0.29, 0.717) is 34.6 Å². The lowest BCUT2D eigenvalue weighted by atomic mass is 10.1. The van der Waals surface area contributed by atoms with Crippen molar-refractivity contribution in [3.05, 3.63) is 51.6 Å². The molecule has 1 saturated heterocycles. The Morgan fingerprint density at radius 1 is 1.28 bits per heavy atom. The molecule has 1 fully saturated rings. The number of aryl methyl sites for hydroxylation is 1. The summed E-state index contributed by atoms with van der Waals surface area (Å²) in [6.07, 6.45) is 2.71. The lowest BCUT2D eigenvalue weighted by molar-refractivity contribution is 0.0514. The maximum absolute atomic E-state index is 12.7. The molecule has 29 heavy (non-hydrogen) atoms. The Labute approximate surface area is 178 Å². The fraction of sp³-hybridized carbons (Fsp3) is 0.381. The number of anilines is 1. The van der Waals surface area contributed by atoms with Gasteiger partial charge in [-0.1, -0.05) is 30.3 Å². The summed E-state index contributed by atoms with van der Waals surface area (Å²) in [6, 6.07) is 10.3. The number of piperidine rings is 1. The third-order valence-electron chi connectivity index (χ3n) is 5.09. The molecule has 8 heteroatoms. The lowest BCUT2D eigenvalue weighted by Crippen LogP contribution is -2.35. The molecule has 0 radical (unpaired) electrons. The second-order valence-electron chi connectivity index (χ2n) is 7.12. The summed E-state index contributed by atoms with van der Waals surface area (Å²) in [5.74, 6) is 0.370. The molecule has 0 atom stereocenters. The van der Waals surface area contributed by atoms with Gasteiger partial charge in [-0.15, -0.1) is 11.3 Å². The van der Waals surface area contributed by atoms with Crippen molar-refractivity contribution in [2.45, 2.75) is 32.2 Å². The number of benzene rings is 1. The van der Waals surface area contributed by atoms with Gasteiger partial charge in [0, 0.05) is 12.5 Å². The molecular formula is C21H23ClN4O2S. The Hall–Kier alpha value is -2.22. The molecule has 2 N–H and O–H groups in total. The van der Waals surface area contributed by atoms with Crippen LogP contribution >= 0.6 is 22.9 Å². The first-order valence-electron chi connectivity index (χ1n) is 9.77. The molecule has 0 saturated carbocycles. The van der Waals surface area contributed by atoms with Gasteiger partial charge in [-0.25, -0.2) is 14.8 Å². The van der Waals surface area contributed by atoms with Crippen LogP contribution in [0.25, 0.3) is 10.2 Å². The van der Waals surface area contributed by atoms with Crippen LogP contribution in [0.4, 0.5) is 5.82 Å². The molecule has 0 spiro atoms. The molecule has 2 aromatic heterocycles. The van der Waals surface area contributed by atoms with Crippen molar-refractivity contribution in [2.24, 2.45) is 0 Å². The average Bonchev–Trinajstić information content (AvgIpc) is 3.06. The minimum Gasteiger partial charge on any atom is -0.461 e. The molecule has 1 aliphatic heterocycles. The van der Waals surface area contributed by atoms with Crippen LogP contribution < -0.4 is 10.6 Å². The molecule has 0 amide bonds. The maximum Gasteiger partial charge on any atom is 0.348 e. The standard InChI is InChI=1S/C21H23ClN4O2S/c1-13-16-18(24-15-7-10-23-11-8-15)25-21(22)26-19(16)29-17(13)20(27)28-12-9-14-5-3-2-4-6-14/h2-6,15,23H,7-12H2,1H3,(H,24,25,26). The van der Waals surface area contributed by atoms with Crippen LogP contribution in [0.1, 0.15) is 33.6 Å². The van der Waals surface area contributed by atoms with Crippen LogP contribution in [0.15, 0.2) is 30.3 Å². The Bertz CT molecular complexity index is 1000. The van der Waals surface area contributed by atoms with Crippen molar-refractivity contribution >= 4 is 44.9 Å². The molecular weight excluding hydrogens is 408 g/mol. The minimum absolute atomic E-state index is 0.180. The SMILES string of the molecule is Cc1c(C(=O)OCCc2ccccc2)sc2nc(Cl)nc(NC3CCNCC3)c12. The first kappa shape index (κ1) is 20.1. The summed E-state index contributed by atoms with van der Waals surface area (Å²) in [5.41, 5.74) is 1.97. The fourth-order valence-corrected chi connectivity index (χ4v) is 4.84. The lowest BCUT2D eigenvalue weighted by Gasteiger charge is -2.24. The van der Waals surface area contributed by atoms with Crippen molar-refractivity contribution in [3.63, 3.8) is 0 Å². The predicted octanol–water partition coefficient (Wildman–Crippen LogP) is 4.22. The molecule has 0 bridgehead atoms. The highest BCUT2D eigenvalue weighted by Crippen LogP contribution is 2.35. The average molecular weight is 431 g/mol. The molecule has 1 aromatic carbocycles. The van der Waals surface area contributed by atoms with Crippen molar-refractivity contribution < 1.29 is 9.53 Å². The van der Waals surface area contributed by atoms with Crippen LogP contribution in [-0.2, 0) is 11.2 Å². The summed E-state index contributed by atoms with van der Waals surface area (Å²) < 4.78 is 5.52. The largest absolute Gasteiger partial charge is 0.461 e. The number of carbonyl (C=O) groups excluding carboxylic acids is 1. The highest BCUT2D eigenvalue weighted by atomic mass is 35.5. The number of nitrogens with zero attached hydrogens (tertiary/aromatic N) is 2. The smallest absolute Gasteiger partial charge is 0.348 e.